The van der Waals surface area contributed by atoms with Crippen LogP contribution in [0.5, 0.6) is 5.75 Å². The van der Waals surface area contributed by atoms with Gasteiger partial charge in [-0.1, -0.05) is 18.2 Å². The maximum atomic E-state index is 12.2. The molecule has 0 spiro atoms. The molecule has 1 aromatic carbocycles. The van der Waals surface area contributed by atoms with E-state index in [-0.39, 0.29) is 5.91 Å². The highest BCUT2D eigenvalue weighted by atomic mass is 16.5. The fraction of sp³-hybridized carbons (Fsp3) is 0.294. The number of hydrogen-bond acceptors (Lipinski definition) is 3. The quantitative estimate of drug-likeness (QED) is 0.936. The number of aromatic nitrogens is 1. The van der Waals surface area contributed by atoms with Gasteiger partial charge in [-0.15, -0.1) is 0 Å². The topological polar surface area (TPSA) is 51.2 Å². The van der Waals surface area contributed by atoms with Crippen molar-refractivity contribution in [2.24, 2.45) is 0 Å². The standard InChI is InChI=1S/C17H20N2O2/c1-11-10-12(2)18-13(3)16(11)19-17(20)14(4)21-15-8-6-5-7-9-15/h5-10,14H,1-4H3,(H,19,20). The minimum absolute atomic E-state index is 0.185. The number of rotatable bonds is 4. The summed E-state index contributed by atoms with van der Waals surface area (Å²) in [6.45, 7) is 7.51. The van der Waals surface area contributed by atoms with Crippen molar-refractivity contribution >= 4 is 11.6 Å². The first kappa shape index (κ1) is 15.0. The molecule has 0 radical (unpaired) electrons. The Morgan fingerprint density at radius 2 is 1.86 bits per heavy atom. The number of ether oxygens (including phenoxy) is 1. The summed E-state index contributed by atoms with van der Waals surface area (Å²) in [5.74, 6) is 0.492. The Kier molecular flexibility index (Phi) is 4.58. The predicted octanol–water partition coefficient (Wildman–Crippen LogP) is 3.41. The van der Waals surface area contributed by atoms with Crippen molar-refractivity contribution < 1.29 is 9.53 Å². The number of nitrogens with zero attached hydrogens (tertiary/aromatic N) is 1. The van der Waals surface area contributed by atoms with Crippen LogP contribution in [0, 0.1) is 20.8 Å². The van der Waals surface area contributed by atoms with Crippen LogP contribution in [-0.4, -0.2) is 17.0 Å². The lowest BCUT2D eigenvalue weighted by atomic mass is 10.1. The number of carbonyl (C=O) groups excluding carboxylic acids is 1. The first-order valence-electron chi connectivity index (χ1n) is 6.95. The number of pyridine rings is 1. The van der Waals surface area contributed by atoms with Crippen LogP contribution in [0.3, 0.4) is 0 Å². The summed E-state index contributed by atoms with van der Waals surface area (Å²) in [5.41, 5.74) is 3.51. The van der Waals surface area contributed by atoms with Crippen molar-refractivity contribution in [1.82, 2.24) is 4.98 Å². The average Bonchev–Trinajstić information content (AvgIpc) is 2.43. The monoisotopic (exact) mass is 284 g/mol. The molecule has 0 saturated carbocycles. The van der Waals surface area contributed by atoms with Gasteiger partial charge in [0.2, 0.25) is 0 Å². The predicted molar refractivity (Wildman–Crippen MR) is 83.6 cm³/mol. The van der Waals surface area contributed by atoms with E-state index in [1.54, 1.807) is 6.92 Å². The highest BCUT2D eigenvalue weighted by Crippen LogP contribution is 2.20. The Bertz CT molecular complexity index is 615. The molecule has 0 saturated heterocycles. The van der Waals surface area contributed by atoms with Crippen molar-refractivity contribution in [1.29, 1.82) is 0 Å². The van der Waals surface area contributed by atoms with Gasteiger partial charge >= 0.3 is 0 Å². The molecule has 0 bridgehead atoms. The molecule has 0 aliphatic rings. The lowest BCUT2D eigenvalue weighted by molar-refractivity contribution is -0.122. The molecule has 2 rings (SSSR count). The fourth-order valence-electron chi connectivity index (χ4n) is 2.19. The summed E-state index contributed by atoms with van der Waals surface area (Å²) in [5, 5.41) is 2.90. The molecule has 0 fully saturated rings. The second kappa shape index (κ2) is 6.39. The number of amides is 1. The Hall–Kier alpha value is -2.36. The van der Waals surface area contributed by atoms with Crippen molar-refractivity contribution in [3.63, 3.8) is 0 Å². The minimum atomic E-state index is -0.576. The SMILES string of the molecule is Cc1cc(C)c(NC(=O)C(C)Oc2ccccc2)c(C)n1. The lowest BCUT2D eigenvalue weighted by Gasteiger charge is -2.17. The van der Waals surface area contributed by atoms with E-state index >= 15 is 0 Å². The Labute approximate surface area is 125 Å². The van der Waals surface area contributed by atoms with E-state index < -0.39 is 6.10 Å². The van der Waals surface area contributed by atoms with Crippen LogP contribution in [0.1, 0.15) is 23.9 Å². The average molecular weight is 284 g/mol. The van der Waals surface area contributed by atoms with Crippen molar-refractivity contribution in [3.8, 4) is 5.75 Å². The zero-order valence-corrected chi connectivity index (χ0v) is 12.8. The van der Waals surface area contributed by atoms with Crippen LogP contribution >= 0.6 is 0 Å². The molecule has 4 heteroatoms. The Morgan fingerprint density at radius 3 is 2.48 bits per heavy atom. The smallest absolute Gasteiger partial charge is 0.265 e. The molecule has 0 aliphatic carbocycles. The van der Waals surface area contributed by atoms with Crippen molar-refractivity contribution in [2.75, 3.05) is 5.32 Å². The van der Waals surface area contributed by atoms with Gasteiger partial charge in [0.05, 0.1) is 11.4 Å². The van der Waals surface area contributed by atoms with Crippen LogP contribution in [0.15, 0.2) is 36.4 Å². The summed E-state index contributed by atoms with van der Waals surface area (Å²) in [4.78, 5) is 16.6. The molecular formula is C17H20N2O2. The number of para-hydroxylation sites is 1. The summed E-state index contributed by atoms with van der Waals surface area (Å²) >= 11 is 0. The molecular weight excluding hydrogens is 264 g/mol. The summed E-state index contributed by atoms with van der Waals surface area (Å²) in [6.07, 6.45) is -0.576. The van der Waals surface area contributed by atoms with E-state index in [0.717, 1.165) is 22.6 Å². The number of benzene rings is 1. The molecule has 21 heavy (non-hydrogen) atoms. The molecule has 1 aromatic heterocycles. The molecule has 1 heterocycles. The molecule has 110 valence electrons. The molecule has 1 N–H and O–H groups in total. The third-order valence-corrected chi connectivity index (χ3v) is 3.20. The van der Waals surface area contributed by atoms with E-state index in [0.29, 0.717) is 5.75 Å². The first-order chi connectivity index (χ1) is 9.97. The van der Waals surface area contributed by atoms with Gasteiger partial charge in [-0.25, -0.2) is 0 Å². The van der Waals surface area contributed by atoms with E-state index in [2.05, 4.69) is 10.3 Å². The van der Waals surface area contributed by atoms with Crippen LogP contribution in [0.4, 0.5) is 5.69 Å². The second-order valence-corrected chi connectivity index (χ2v) is 5.10. The molecule has 4 nitrogen and oxygen atoms in total. The molecule has 0 aliphatic heterocycles. The molecule has 1 atom stereocenters. The minimum Gasteiger partial charge on any atom is -0.481 e. The highest BCUT2D eigenvalue weighted by molar-refractivity contribution is 5.95. The summed E-state index contributed by atoms with van der Waals surface area (Å²) in [7, 11) is 0. The van der Waals surface area contributed by atoms with Gasteiger partial charge in [-0.05, 0) is 51.5 Å². The fourth-order valence-corrected chi connectivity index (χ4v) is 2.19. The summed E-state index contributed by atoms with van der Waals surface area (Å²) in [6, 6.07) is 11.3. The van der Waals surface area contributed by atoms with Crippen molar-refractivity contribution in [2.45, 2.75) is 33.8 Å². The normalized spacial score (nSPS) is 11.8. The molecule has 1 unspecified atom stereocenters. The van der Waals surface area contributed by atoms with E-state index in [1.807, 2.05) is 57.2 Å². The first-order valence-corrected chi connectivity index (χ1v) is 6.95. The third kappa shape index (κ3) is 3.81. The zero-order chi connectivity index (χ0) is 15.4. The van der Waals surface area contributed by atoms with Crippen molar-refractivity contribution in [3.05, 3.63) is 53.3 Å². The van der Waals surface area contributed by atoms with Gasteiger partial charge in [-0.2, -0.15) is 0 Å². The van der Waals surface area contributed by atoms with Gasteiger partial charge in [0.15, 0.2) is 6.10 Å². The largest absolute Gasteiger partial charge is 0.481 e. The van der Waals surface area contributed by atoms with Gasteiger partial charge in [0.1, 0.15) is 5.75 Å². The lowest BCUT2D eigenvalue weighted by Crippen LogP contribution is -2.30. The van der Waals surface area contributed by atoms with Crippen LogP contribution in [0.2, 0.25) is 0 Å². The van der Waals surface area contributed by atoms with E-state index in [1.165, 1.54) is 0 Å². The van der Waals surface area contributed by atoms with Gasteiger partial charge < -0.3 is 10.1 Å². The van der Waals surface area contributed by atoms with Gasteiger partial charge in [-0.3, -0.25) is 9.78 Å². The maximum absolute atomic E-state index is 12.2. The molecule has 2 aromatic rings. The number of carbonyl (C=O) groups is 1. The number of anilines is 1. The number of aryl methyl sites for hydroxylation is 3. The van der Waals surface area contributed by atoms with Crippen LogP contribution in [-0.2, 0) is 4.79 Å². The number of hydrogen-bond donors (Lipinski definition) is 1. The summed E-state index contributed by atoms with van der Waals surface area (Å²) < 4.78 is 5.62. The number of nitrogens with one attached hydrogen (secondary N) is 1. The van der Waals surface area contributed by atoms with E-state index in [4.69, 9.17) is 4.74 Å². The third-order valence-electron chi connectivity index (χ3n) is 3.20. The Balaban J connectivity index is 2.08. The maximum Gasteiger partial charge on any atom is 0.265 e. The molecule has 1 amide bonds. The highest BCUT2D eigenvalue weighted by Gasteiger charge is 2.17. The zero-order valence-electron chi connectivity index (χ0n) is 12.8. The van der Waals surface area contributed by atoms with Crippen LogP contribution in [0.25, 0.3) is 0 Å². The second-order valence-electron chi connectivity index (χ2n) is 5.10. The van der Waals surface area contributed by atoms with E-state index in [9.17, 15) is 4.79 Å². The van der Waals surface area contributed by atoms with Crippen LogP contribution < -0.4 is 10.1 Å². The van der Waals surface area contributed by atoms with Gasteiger partial charge in [0.25, 0.3) is 5.91 Å². The van der Waals surface area contributed by atoms with Gasteiger partial charge in [0, 0.05) is 5.69 Å². The Morgan fingerprint density at radius 1 is 1.19 bits per heavy atom.